The molecule has 0 aliphatic carbocycles. The number of rotatable bonds is 9. The van der Waals surface area contributed by atoms with Crippen molar-refractivity contribution >= 4 is 43.6 Å². The highest BCUT2D eigenvalue weighted by Gasteiger charge is 2.56. The van der Waals surface area contributed by atoms with Crippen LogP contribution in [0.25, 0.3) is 11.0 Å². The van der Waals surface area contributed by atoms with E-state index in [4.69, 9.17) is 26.1 Å². The molecule has 1 unspecified atom stereocenters. The number of fused-ring (bicyclic) bond motifs is 1. The van der Waals surface area contributed by atoms with Crippen molar-refractivity contribution in [2.75, 3.05) is 17.8 Å². The third kappa shape index (κ3) is 6.06. The lowest BCUT2D eigenvalue weighted by Gasteiger charge is -2.25. The molecule has 0 saturated carbocycles. The summed E-state index contributed by atoms with van der Waals surface area (Å²) >= 11 is 6.07. The summed E-state index contributed by atoms with van der Waals surface area (Å²) in [7, 11) is -9.80. The second-order valence-corrected chi connectivity index (χ2v) is 12.9. The van der Waals surface area contributed by atoms with Gasteiger partial charge in [0, 0.05) is 5.56 Å². The fourth-order valence-electron chi connectivity index (χ4n) is 3.86. The maximum atomic E-state index is 14.2. The number of aliphatic hydroxyl groups excluding tert-OH is 1. The SMILES string of the molecule is C[C@H](Nc1nc(Cl)nc2c1cnn2[C@@H]1O[C@H](COP(=O)(O)CP(=O)(O)O)C(O)(O)[C@H]1O)c1ccccc1F. The van der Waals surface area contributed by atoms with E-state index in [1.165, 1.54) is 12.3 Å². The van der Waals surface area contributed by atoms with E-state index in [0.29, 0.717) is 5.56 Å². The fraction of sp³-hybridized carbons (Fsp3) is 0.421. The van der Waals surface area contributed by atoms with E-state index in [2.05, 4.69) is 24.9 Å². The number of halogens is 2. The number of hydrogen-bond donors (Lipinski definition) is 7. The molecule has 4 rings (SSSR count). The summed E-state index contributed by atoms with van der Waals surface area (Å²) in [6.07, 6.45) is -4.31. The van der Waals surface area contributed by atoms with Crippen LogP contribution in [0, 0.1) is 5.82 Å². The molecule has 1 saturated heterocycles. The number of nitrogens with one attached hydrogen (secondary N) is 1. The lowest BCUT2D eigenvalue weighted by molar-refractivity contribution is -0.234. The molecule has 1 fully saturated rings. The van der Waals surface area contributed by atoms with Crippen LogP contribution in [0.4, 0.5) is 10.2 Å². The average molecular weight is 598 g/mol. The highest BCUT2D eigenvalue weighted by molar-refractivity contribution is 7.70. The van der Waals surface area contributed by atoms with Crippen molar-refractivity contribution in [2.45, 2.75) is 37.2 Å². The Kier molecular flexibility index (Phi) is 7.98. The first-order valence-electron chi connectivity index (χ1n) is 10.8. The number of benzene rings is 1. The Morgan fingerprint density at radius 2 is 1.95 bits per heavy atom. The molecular formula is C19H23ClFN5O10P2. The van der Waals surface area contributed by atoms with Crippen LogP contribution in [0.1, 0.15) is 24.8 Å². The van der Waals surface area contributed by atoms with E-state index in [1.807, 2.05) is 0 Å². The fourth-order valence-corrected chi connectivity index (χ4v) is 6.58. The number of aromatic nitrogens is 4. The predicted molar refractivity (Wildman–Crippen MR) is 129 cm³/mol. The lowest BCUT2D eigenvalue weighted by Crippen LogP contribution is -2.49. The standard InChI is InChI=1S/C19H23ClFN5O10P2/c1-9(10-4-2-3-5-12(10)21)23-15-11-6-22-26(16(11)25-18(20)24-15)17-14(27)19(28,29)13(36-17)7-35-38(33,34)8-37(30,31)32/h2-6,9,13-14,17,27-29H,7-8H2,1H3,(H,33,34)(H,23,24,25)(H2,30,31,32)/t9-,13+,14-,17+/m0/s1. The van der Waals surface area contributed by atoms with Crippen LogP contribution in [0.3, 0.4) is 0 Å². The molecule has 38 heavy (non-hydrogen) atoms. The summed E-state index contributed by atoms with van der Waals surface area (Å²) in [5, 5.41) is 38.4. The Balaban J connectivity index is 1.60. The minimum atomic E-state index is -4.94. The molecule has 1 aliphatic heterocycles. The molecule has 208 valence electrons. The van der Waals surface area contributed by atoms with E-state index in [-0.39, 0.29) is 22.1 Å². The van der Waals surface area contributed by atoms with Crippen LogP contribution < -0.4 is 5.32 Å². The third-order valence-electron chi connectivity index (χ3n) is 5.67. The Labute approximate surface area is 218 Å². The van der Waals surface area contributed by atoms with E-state index >= 15 is 0 Å². The van der Waals surface area contributed by atoms with Gasteiger partial charge in [-0.3, -0.25) is 9.13 Å². The summed E-state index contributed by atoms with van der Waals surface area (Å²) in [6.45, 7) is 0.646. The zero-order valence-electron chi connectivity index (χ0n) is 19.4. The molecule has 0 spiro atoms. The number of aliphatic hydroxyl groups is 3. The molecule has 5 atom stereocenters. The van der Waals surface area contributed by atoms with E-state index in [9.17, 15) is 33.7 Å². The second kappa shape index (κ2) is 10.5. The summed E-state index contributed by atoms with van der Waals surface area (Å²) < 4.78 is 48.2. The molecule has 15 nitrogen and oxygen atoms in total. The number of nitrogens with zero attached hydrogens (tertiary/aromatic N) is 4. The van der Waals surface area contributed by atoms with Gasteiger partial charge in [0.2, 0.25) is 11.1 Å². The summed E-state index contributed by atoms with van der Waals surface area (Å²) in [5.74, 6) is -4.86. The largest absolute Gasteiger partial charge is 0.383 e. The molecule has 2 aromatic heterocycles. The topological polar surface area (TPSA) is 230 Å². The van der Waals surface area contributed by atoms with Gasteiger partial charge in [-0.15, -0.1) is 0 Å². The van der Waals surface area contributed by atoms with E-state index < -0.39 is 63.8 Å². The molecule has 3 heterocycles. The maximum Gasteiger partial charge on any atom is 0.340 e. The highest BCUT2D eigenvalue weighted by Crippen LogP contribution is 2.55. The van der Waals surface area contributed by atoms with Crippen LogP contribution in [-0.2, 0) is 18.4 Å². The zero-order valence-corrected chi connectivity index (χ0v) is 21.9. The Hall–Kier alpha value is -2.07. The first-order valence-corrected chi connectivity index (χ1v) is 14.7. The molecular weight excluding hydrogens is 575 g/mol. The lowest BCUT2D eigenvalue weighted by atomic mass is 10.1. The predicted octanol–water partition coefficient (Wildman–Crippen LogP) is 1.07. The molecule has 0 radical (unpaired) electrons. The highest BCUT2D eigenvalue weighted by atomic mass is 35.5. The van der Waals surface area contributed by atoms with Gasteiger partial charge in [0.1, 0.15) is 17.7 Å². The quantitative estimate of drug-likeness (QED) is 0.104. The van der Waals surface area contributed by atoms with Gasteiger partial charge in [-0.2, -0.15) is 15.1 Å². The van der Waals surface area contributed by atoms with E-state index in [1.54, 1.807) is 25.1 Å². The number of ether oxygens (including phenoxy) is 1. The van der Waals surface area contributed by atoms with Gasteiger partial charge in [-0.1, -0.05) is 18.2 Å². The molecule has 1 aliphatic rings. The molecule has 3 aromatic rings. The minimum Gasteiger partial charge on any atom is -0.383 e. The Morgan fingerprint density at radius 1 is 1.26 bits per heavy atom. The van der Waals surface area contributed by atoms with Crippen molar-refractivity contribution in [2.24, 2.45) is 0 Å². The van der Waals surface area contributed by atoms with Crippen molar-refractivity contribution in [3.8, 4) is 0 Å². The van der Waals surface area contributed by atoms with Crippen LogP contribution in [-0.4, -0.2) is 80.3 Å². The third-order valence-corrected chi connectivity index (χ3v) is 9.29. The molecule has 19 heteroatoms. The number of anilines is 1. The average Bonchev–Trinajstić information content (AvgIpc) is 3.29. The Morgan fingerprint density at radius 3 is 2.61 bits per heavy atom. The Bertz CT molecular complexity index is 1440. The van der Waals surface area contributed by atoms with Crippen molar-refractivity contribution < 1.29 is 52.8 Å². The van der Waals surface area contributed by atoms with Crippen molar-refractivity contribution in [3.05, 3.63) is 47.1 Å². The van der Waals surface area contributed by atoms with Crippen molar-refractivity contribution in [3.63, 3.8) is 0 Å². The maximum absolute atomic E-state index is 14.2. The van der Waals surface area contributed by atoms with Gasteiger partial charge in [-0.05, 0) is 24.6 Å². The first-order chi connectivity index (χ1) is 17.6. The van der Waals surface area contributed by atoms with Crippen LogP contribution >= 0.6 is 26.8 Å². The molecule has 7 N–H and O–H groups in total. The summed E-state index contributed by atoms with van der Waals surface area (Å²) in [5.41, 5.74) is 0.314. The normalized spacial score (nSPS) is 23.9. The van der Waals surface area contributed by atoms with Gasteiger partial charge in [-0.25, -0.2) is 9.07 Å². The first kappa shape index (κ1) is 28.9. The minimum absolute atomic E-state index is 0.0241. The van der Waals surface area contributed by atoms with Gasteiger partial charge in [0.25, 0.3) is 0 Å². The summed E-state index contributed by atoms with van der Waals surface area (Å²) in [4.78, 5) is 35.6. The monoisotopic (exact) mass is 597 g/mol. The molecule has 0 amide bonds. The summed E-state index contributed by atoms with van der Waals surface area (Å²) in [6, 6.07) is 5.50. The second-order valence-electron chi connectivity index (χ2n) is 8.54. The van der Waals surface area contributed by atoms with Crippen molar-refractivity contribution in [1.82, 2.24) is 19.7 Å². The van der Waals surface area contributed by atoms with E-state index in [0.717, 1.165) is 4.68 Å². The van der Waals surface area contributed by atoms with Crippen LogP contribution in [0.2, 0.25) is 5.28 Å². The van der Waals surface area contributed by atoms with Crippen LogP contribution in [0.5, 0.6) is 0 Å². The van der Waals surface area contributed by atoms with Gasteiger partial charge < -0.3 is 44.6 Å². The smallest absolute Gasteiger partial charge is 0.340 e. The van der Waals surface area contributed by atoms with Crippen LogP contribution in [0.15, 0.2) is 30.5 Å². The van der Waals surface area contributed by atoms with Gasteiger partial charge in [0.15, 0.2) is 23.9 Å². The molecule has 0 bridgehead atoms. The number of hydrogen-bond acceptors (Lipinski definition) is 11. The van der Waals surface area contributed by atoms with Gasteiger partial charge in [0.05, 0.1) is 24.2 Å². The molecule has 1 aromatic carbocycles. The van der Waals surface area contributed by atoms with Gasteiger partial charge >= 0.3 is 15.2 Å². The van der Waals surface area contributed by atoms with Crippen molar-refractivity contribution in [1.29, 1.82) is 0 Å². The zero-order chi connectivity index (χ0) is 28.0.